The molecule has 0 radical (unpaired) electrons. The first-order valence-corrected chi connectivity index (χ1v) is 15.6. The minimum Gasteiger partial charge on any atom is -0.444 e. The predicted molar refractivity (Wildman–Crippen MR) is 164 cm³/mol. The summed E-state index contributed by atoms with van der Waals surface area (Å²) >= 11 is 0. The summed E-state index contributed by atoms with van der Waals surface area (Å²) in [5, 5.41) is 19.0. The van der Waals surface area contributed by atoms with E-state index in [1.54, 1.807) is 20.8 Å². The number of nitriles is 1. The van der Waals surface area contributed by atoms with Gasteiger partial charge < -0.3 is 15.4 Å². The maximum absolute atomic E-state index is 14.7. The highest BCUT2D eigenvalue weighted by atomic mass is 31.2. The minimum absolute atomic E-state index is 0.0541. The molecule has 1 saturated heterocycles. The molecular formula is C33H36N3O4P. The van der Waals surface area contributed by atoms with Crippen LogP contribution in [0, 0.1) is 17.2 Å². The van der Waals surface area contributed by atoms with E-state index in [1.807, 2.05) is 91.0 Å². The zero-order valence-corrected chi connectivity index (χ0v) is 24.6. The molecule has 1 unspecified atom stereocenters. The summed E-state index contributed by atoms with van der Waals surface area (Å²) in [6, 6.07) is 30.0. The third-order valence-electron chi connectivity index (χ3n) is 7.03. The number of ketones is 1. The van der Waals surface area contributed by atoms with Crippen LogP contribution in [0.2, 0.25) is 0 Å². The summed E-state index contributed by atoms with van der Waals surface area (Å²) in [7, 11) is 0. The molecule has 1 heterocycles. The molecule has 0 saturated carbocycles. The molecule has 0 aromatic heterocycles. The predicted octanol–water partition coefficient (Wildman–Crippen LogP) is 4.06. The molecule has 0 aliphatic carbocycles. The fourth-order valence-corrected chi connectivity index (χ4v) is 9.44. The van der Waals surface area contributed by atoms with Gasteiger partial charge in [-0.25, -0.2) is 4.79 Å². The number of benzene rings is 3. The number of nitrogens with one attached hydrogen (secondary N) is 2. The molecule has 8 heteroatoms. The zero-order valence-electron chi connectivity index (χ0n) is 23.7. The van der Waals surface area contributed by atoms with E-state index >= 15 is 0 Å². The molecule has 1 fully saturated rings. The maximum atomic E-state index is 14.7. The molecule has 2 amide bonds. The number of carbonyl (C=O) groups excluding carboxylic acids is 3. The van der Waals surface area contributed by atoms with Crippen LogP contribution >= 0.6 is 6.89 Å². The fourth-order valence-electron chi connectivity index (χ4n) is 5.28. The molecule has 1 aliphatic rings. The van der Waals surface area contributed by atoms with Gasteiger partial charge in [-0.1, -0.05) is 91.0 Å². The van der Waals surface area contributed by atoms with Crippen LogP contribution in [0.15, 0.2) is 91.0 Å². The highest BCUT2D eigenvalue weighted by Crippen LogP contribution is 2.46. The summed E-state index contributed by atoms with van der Waals surface area (Å²) in [5.41, 5.74) is -0.795. The summed E-state index contributed by atoms with van der Waals surface area (Å²) in [6.07, 6.45) is 0.651. The number of hydrogen-bond acceptors (Lipinski definition) is 5. The summed E-state index contributed by atoms with van der Waals surface area (Å²) in [4.78, 5) is 40.4. The van der Waals surface area contributed by atoms with Crippen LogP contribution in [0.5, 0.6) is 0 Å². The Balaban J connectivity index is 1.98. The number of rotatable bonds is 8. The Morgan fingerprint density at radius 1 is 0.951 bits per heavy atom. The van der Waals surface area contributed by atoms with E-state index < -0.39 is 36.3 Å². The van der Waals surface area contributed by atoms with Gasteiger partial charge in [0.2, 0.25) is 5.91 Å². The number of amides is 2. The van der Waals surface area contributed by atoms with Crippen molar-refractivity contribution in [2.75, 3.05) is 6.54 Å². The standard InChI is InChI=1S/C33H36N3O4P/c1-33(2,3)40-32(39)36-28(22-24-14-13-21-35-31(24)38)30(37)29(23-34)41(25-15-7-4-8-16-25,26-17-9-5-10-18-26)27-19-11-6-12-20-27/h4-12,15-20,24,28H,13-14,21-22H2,1-3H3,(H,35,38)(H,36,39)/t24-,28?/m0/s1. The lowest BCUT2D eigenvalue weighted by Gasteiger charge is -2.32. The third-order valence-corrected chi connectivity index (χ3v) is 11.2. The number of nitrogens with zero attached hydrogens (tertiary/aromatic N) is 1. The van der Waals surface area contributed by atoms with Crippen molar-refractivity contribution in [3.05, 3.63) is 91.0 Å². The number of ether oxygens (including phenoxy) is 1. The number of Topliss-reactive ketones (excluding diaryl/α,β-unsaturated/α-hetero) is 1. The van der Waals surface area contributed by atoms with E-state index in [0.717, 1.165) is 22.3 Å². The lowest BCUT2D eigenvalue weighted by Crippen LogP contribution is -2.50. The summed E-state index contributed by atoms with van der Waals surface area (Å²) in [6.45, 7) is 2.78. The van der Waals surface area contributed by atoms with Gasteiger partial charge in [-0.15, -0.1) is 0 Å². The van der Waals surface area contributed by atoms with Crippen LogP contribution in [0.25, 0.3) is 0 Å². The summed E-state index contributed by atoms with van der Waals surface area (Å²) in [5.74, 6) is -1.15. The Hall–Kier alpha value is -4.14. The number of piperidine rings is 1. The molecule has 0 spiro atoms. The van der Waals surface area contributed by atoms with Gasteiger partial charge in [-0.2, -0.15) is 5.26 Å². The van der Waals surface area contributed by atoms with Crippen molar-refractivity contribution in [1.82, 2.24) is 10.6 Å². The molecule has 212 valence electrons. The van der Waals surface area contributed by atoms with E-state index in [1.165, 1.54) is 0 Å². The van der Waals surface area contributed by atoms with Crippen LogP contribution in [0.3, 0.4) is 0 Å². The quantitative estimate of drug-likeness (QED) is 0.398. The van der Waals surface area contributed by atoms with Crippen molar-refractivity contribution in [2.45, 2.75) is 51.7 Å². The van der Waals surface area contributed by atoms with Gasteiger partial charge in [0.25, 0.3) is 0 Å². The van der Waals surface area contributed by atoms with Gasteiger partial charge in [-0.05, 0) is 62.8 Å². The fraction of sp³-hybridized carbons (Fsp3) is 0.303. The molecule has 2 N–H and O–H groups in total. The molecule has 7 nitrogen and oxygen atoms in total. The molecule has 2 atom stereocenters. The first-order valence-electron chi connectivity index (χ1n) is 13.8. The van der Waals surface area contributed by atoms with Gasteiger partial charge >= 0.3 is 6.09 Å². The summed E-state index contributed by atoms with van der Waals surface area (Å²) < 4.78 is 5.50. The van der Waals surface area contributed by atoms with Crippen molar-refractivity contribution in [3.8, 4) is 6.07 Å². The number of carbonyl (C=O) groups is 3. The lowest BCUT2D eigenvalue weighted by atomic mass is 9.89. The van der Waals surface area contributed by atoms with Crippen LogP contribution in [-0.4, -0.2) is 41.3 Å². The average molecular weight is 570 g/mol. The molecule has 0 bridgehead atoms. The zero-order chi connectivity index (χ0) is 29.5. The van der Waals surface area contributed by atoms with Crippen molar-refractivity contribution in [2.24, 2.45) is 5.92 Å². The van der Waals surface area contributed by atoms with Gasteiger partial charge in [-0.3, -0.25) is 9.59 Å². The van der Waals surface area contributed by atoms with Gasteiger partial charge in [0.05, 0.1) is 6.04 Å². The normalized spacial score (nSPS) is 16.0. The first-order chi connectivity index (χ1) is 19.7. The SMILES string of the molecule is CC(C)(C)OC(=O)NC(C[C@@H]1CCCNC1=O)C(=O)C(C#N)=P(c1ccccc1)(c1ccccc1)c1ccccc1. The smallest absolute Gasteiger partial charge is 0.408 e. The van der Waals surface area contributed by atoms with E-state index in [4.69, 9.17) is 4.74 Å². The third kappa shape index (κ3) is 6.78. The second-order valence-electron chi connectivity index (χ2n) is 11.1. The Bertz CT molecular complexity index is 1370. The van der Waals surface area contributed by atoms with E-state index in [-0.39, 0.29) is 17.6 Å². The Morgan fingerprint density at radius 2 is 1.44 bits per heavy atom. The Labute approximate surface area is 241 Å². The second-order valence-corrected chi connectivity index (χ2v) is 14.4. The van der Waals surface area contributed by atoms with Crippen molar-refractivity contribution < 1.29 is 19.1 Å². The van der Waals surface area contributed by atoms with Crippen molar-refractivity contribution in [3.63, 3.8) is 0 Å². The van der Waals surface area contributed by atoms with Crippen LogP contribution in [0.1, 0.15) is 40.0 Å². The first kappa shape index (κ1) is 29.8. The molecule has 3 aromatic rings. The highest BCUT2D eigenvalue weighted by Gasteiger charge is 2.39. The van der Waals surface area contributed by atoms with Gasteiger partial charge in [0.15, 0.2) is 5.78 Å². The van der Waals surface area contributed by atoms with Crippen LogP contribution < -0.4 is 26.5 Å². The second kappa shape index (κ2) is 13.0. The Kier molecular flexibility index (Phi) is 9.47. The lowest BCUT2D eigenvalue weighted by molar-refractivity contribution is -0.127. The number of alkyl carbamates (subject to hydrolysis) is 1. The van der Waals surface area contributed by atoms with E-state index in [9.17, 15) is 19.6 Å². The molecule has 1 aliphatic heterocycles. The molecular weight excluding hydrogens is 533 g/mol. The van der Waals surface area contributed by atoms with Gasteiger partial charge in [0.1, 0.15) is 17.0 Å². The van der Waals surface area contributed by atoms with E-state index in [2.05, 4.69) is 16.7 Å². The number of hydrogen-bond donors (Lipinski definition) is 2. The topological polar surface area (TPSA) is 108 Å². The van der Waals surface area contributed by atoms with Crippen LogP contribution in [-0.2, 0) is 14.3 Å². The molecule has 3 aromatic carbocycles. The molecule has 4 rings (SSSR count). The largest absolute Gasteiger partial charge is 0.444 e. The maximum Gasteiger partial charge on any atom is 0.408 e. The van der Waals surface area contributed by atoms with Crippen molar-refractivity contribution in [1.29, 1.82) is 5.26 Å². The minimum atomic E-state index is -3.01. The molecule has 41 heavy (non-hydrogen) atoms. The monoisotopic (exact) mass is 569 g/mol. The average Bonchev–Trinajstić information content (AvgIpc) is 2.97. The van der Waals surface area contributed by atoms with Crippen LogP contribution in [0.4, 0.5) is 4.79 Å². The van der Waals surface area contributed by atoms with Crippen molar-refractivity contribution >= 4 is 45.9 Å². The Morgan fingerprint density at radius 3 is 1.85 bits per heavy atom. The highest BCUT2D eigenvalue weighted by molar-refractivity contribution is 7.97. The van der Waals surface area contributed by atoms with Gasteiger partial charge in [0, 0.05) is 12.5 Å². The van der Waals surface area contributed by atoms with E-state index in [0.29, 0.717) is 13.0 Å².